The van der Waals surface area contributed by atoms with Gasteiger partial charge in [-0.25, -0.2) is 4.39 Å². The molecule has 1 aromatic carbocycles. The van der Waals surface area contributed by atoms with Gasteiger partial charge in [0.15, 0.2) is 0 Å². The summed E-state index contributed by atoms with van der Waals surface area (Å²) in [5, 5.41) is 13.0. The Morgan fingerprint density at radius 2 is 1.96 bits per heavy atom. The smallest absolute Gasteiger partial charge is 0.234 e. The lowest BCUT2D eigenvalue weighted by Crippen LogP contribution is -2.51. The number of amides is 1. The maximum absolute atomic E-state index is 13.5. The highest BCUT2D eigenvalue weighted by molar-refractivity contribution is 5.77. The van der Waals surface area contributed by atoms with Gasteiger partial charge in [-0.2, -0.15) is 0 Å². The Morgan fingerprint density at radius 1 is 1.27 bits per heavy atom. The number of nitrogens with zero attached hydrogens (tertiary/aromatic N) is 2. The minimum Gasteiger partial charge on any atom is -0.389 e. The van der Waals surface area contributed by atoms with Gasteiger partial charge in [0.25, 0.3) is 0 Å². The molecule has 0 bridgehead atoms. The van der Waals surface area contributed by atoms with Crippen molar-refractivity contribution in [3.8, 4) is 0 Å². The quantitative estimate of drug-likeness (QED) is 0.642. The molecule has 2 N–H and O–H groups in total. The molecule has 2 rings (SSSR count). The maximum Gasteiger partial charge on any atom is 0.234 e. The fourth-order valence-electron chi connectivity index (χ4n) is 2.92. The maximum atomic E-state index is 13.5. The molecule has 1 unspecified atom stereocenters. The molecule has 0 radical (unpaired) electrons. The highest BCUT2D eigenvalue weighted by atomic mass is 19.1. The lowest BCUT2D eigenvalue weighted by molar-refractivity contribution is -0.122. The van der Waals surface area contributed by atoms with E-state index in [0.29, 0.717) is 18.7 Å². The number of piperazine rings is 1. The molecule has 0 aliphatic carbocycles. The first-order chi connectivity index (χ1) is 12.6. The van der Waals surface area contributed by atoms with Gasteiger partial charge in [0, 0.05) is 44.8 Å². The summed E-state index contributed by atoms with van der Waals surface area (Å²) < 4.78 is 18.9. The number of hydrogen-bond donors (Lipinski definition) is 2. The lowest BCUT2D eigenvalue weighted by Gasteiger charge is -2.35. The summed E-state index contributed by atoms with van der Waals surface area (Å²) in [6.45, 7) is 7.28. The number of aliphatic hydroxyl groups is 1. The minimum atomic E-state index is -0.610. The molecule has 0 spiro atoms. The molecule has 0 saturated carbocycles. The average molecular weight is 367 g/mol. The zero-order chi connectivity index (χ0) is 18.8. The van der Waals surface area contributed by atoms with E-state index in [1.54, 1.807) is 18.2 Å². The van der Waals surface area contributed by atoms with Crippen LogP contribution >= 0.6 is 0 Å². The van der Waals surface area contributed by atoms with Crippen molar-refractivity contribution in [3.63, 3.8) is 0 Å². The second kappa shape index (κ2) is 11.2. The van der Waals surface area contributed by atoms with Crippen LogP contribution in [0.15, 0.2) is 24.3 Å². The third-order valence-corrected chi connectivity index (χ3v) is 4.40. The van der Waals surface area contributed by atoms with Gasteiger partial charge < -0.3 is 15.2 Å². The molecule has 1 aromatic rings. The number of halogens is 1. The van der Waals surface area contributed by atoms with E-state index < -0.39 is 6.10 Å². The van der Waals surface area contributed by atoms with Gasteiger partial charge in [-0.05, 0) is 12.5 Å². The predicted molar refractivity (Wildman–Crippen MR) is 98.2 cm³/mol. The van der Waals surface area contributed by atoms with Crippen LogP contribution in [0.1, 0.15) is 18.9 Å². The second-order valence-electron chi connectivity index (χ2n) is 6.69. The Balaban J connectivity index is 1.59. The van der Waals surface area contributed by atoms with Crippen LogP contribution in [-0.4, -0.2) is 79.3 Å². The summed E-state index contributed by atoms with van der Waals surface area (Å²) in [5.74, 6) is -0.219. The Bertz CT molecular complexity index is 551. The van der Waals surface area contributed by atoms with Crippen molar-refractivity contribution in [1.29, 1.82) is 0 Å². The molecule has 0 aromatic heterocycles. The Labute approximate surface area is 154 Å². The number of aliphatic hydroxyl groups excluding tert-OH is 1. The van der Waals surface area contributed by atoms with Gasteiger partial charge in [-0.3, -0.25) is 14.6 Å². The summed E-state index contributed by atoms with van der Waals surface area (Å²) in [5.41, 5.74) is 0.495. The van der Waals surface area contributed by atoms with Crippen LogP contribution in [0.25, 0.3) is 0 Å². The molecule has 146 valence electrons. The van der Waals surface area contributed by atoms with Crippen LogP contribution in [0.3, 0.4) is 0 Å². The van der Waals surface area contributed by atoms with E-state index in [0.717, 1.165) is 39.1 Å². The van der Waals surface area contributed by atoms with Crippen LogP contribution < -0.4 is 5.32 Å². The molecule has 6 nitrogen and oxygen atoms in total. The lowest BCUT2D eigenvalue weighted by atomic mass is 10.2. The van der Waals surface area contributed by atoms with Gasteiger partial charge in [-0.15, -0.1) is 0 Å². The number of benzene rings is 1. The number of hydrogen-bond acceptors (Lipinski definition) is 5. The summed E-state index contributed by atoms with van der Waals surface area (Å²) in [4.78, 5) is 16.0. The normalized spacial score (nSPS) is 17.2. The molecule has 26 heavy (non-hydrogen) atoms. The first kappa shape index (κ1) is 20.8. The standard InChI is InChI=1S/C19H30FN3O3/c1-2-7-21-19(25)13-23-10-8-22(9-11-23)12-17(24)15-26-14-16-5-3-4-6-18(16)20/h3-6,17,24H,2,7-15H2,1H3,(H,21,25). The summed E-state index contributed by atoms with van der Waals surface area (Å²) in [6.07, 6.45) is 0.331. The Kier molecular flexibility index (Phi) is 8.97. The fraction of sp³-hybridized carbons (Fsp3) is 0.632. The van der Waals surface area contributed by atoms with Crippen molar-refractivity contribution >= 4 is 5.91 Å². The predicted octanol–water partition coefficient (Wildman–Crippen LogP) is 0.847. The average Bonchev–Trinajstić information content (AvgIpc) is 2.63. The van der Waals surface area contributed by atoms with E-state index in [4.69, 9.17) is 4.74 Å². The van der Waals surface area contributed by atoms with Crippen molar-refractivity contribution in [2.45, 2.75) is 26.1 Å². The minimum absolute atomic E-state index is 0.0712. The number of rotatable bonds is 10. The number of carbonyl (C=O) groups is 1. The van der Waals surface area contributed by atoms with Crippen LogP contribution in [-0.2, 0) is 16.1 Å². The molecule has 1 amide bonds. The molecule has 1 saturated heterocycles. The monoisotopic (exact) mass is 367 g/mol. The molecule has 7 heteroatoms. The highest BCUT2D eigenvalue weighted by Crippen LogP contribution is 2.08. The molecular formula is C19H30FN3O3. The summed E-state index contributed by atoms with van der Waals surface area (Å²) in [7, 11) is 0. The Hall–Kier alpha value is -1.54. The van der Waals surface area contributed by atoms with E-state index in [9.17, 15) is 14.3 Å². The first-order valence-electron chi connectivity index (χ1n) is 9.29. The topological polar surface area (TPSA) is 65.0 Å². The largest absolute Gasteiger partial charge is 0.389 e. The fourth-order valence-corrected chi connectivity index (χ4v) is 2.92. The van der Waals surface area contributed by atoms with Gasteiger partial charge in [0.05, 0.1) is 25.9 Å². The van der Waals surface area contributed by atoms with Gasteiger partial charge in [0.1, 0.15) is 5.82 Å². The second-order valence-corrected chi connectivity index (χ2v) is 6.69. The van der Waals surface area contributed by atoms with Crippen LogP contribution in [0, 0.1) is 5.82 Å². The van der Waals surface area contributed by atoms with Gasteiger partial charge in [-0.1, -0.05) is 25.1 Å². The molecule has 1 fully saturated rings. The number of β-amino-alcohol motifs (C(OH)–C–C–N with tert-alkyl or cyclic N) is 1. The zero-order valence-electron chi connectivity index (χ0n) is 15.5. The third kappa shape index (κ3) is 7.37. The molecule has 1 aliphatic heterocycles. The zero-order valence-corrected chi connectivity index (χ0v) is 15.5. The van der Waals surface area contributed by atoms with Crippen LogP contribution in [0.4, 0.5) is 4.39 Å². The van der Waals surface area contributed by atoms with Crippen molar-refractivity contribution in [1.82, 2.24) is 15.1 Å². The SMILES string of the molecule is CCCNC(=O)CN1CCN(CC(O)COCc2ccccc2F)CC1. The summed E-state index contributed by atoms with van der Waals surface area (Å²) in [6, 6.07) is 6.48. The molecule has 1 atom stereocenters. The van der Waals surface area contributed by atoms with Crippen LogP contribution in [0.2, 0.25) is 0 Å². The van der Waals surface area contributed by atoms with E-state index in [1.807, 2.05) is 6.92 Å². The highest BCUT2D eigenvalue weighted by Gasteiger charge is 2.20. The molecular weight excluding hydrogens is 337 g/mol. The summed E-state index contributed by atoms with van der Waals surface area (Å²) >= 11 is 0. The van der Waals surface area contributed by atoms with Crippen molar-refractivity contribution in [2.24, 2.45) is 0 Å². The number of ether oxygens (including phenoxy) is 1. The number of carbonyl (C=O) groups excluding carboxylic acids is 1. The van der Waals surface area contributed by atoms with Gasteiger partial charge >= 0.3 is 0 Å². The van der Waals surface area contributed by atoms with Crippen molar-refractivity contribution < 1.29 is 19.0 Å². The van der Waals surface area contributed by atoms with E-state index in [2.05, 4.69) is 15.1 Å². The Morgan fingerprint density at radius 3 is 2.65 bits per heavy atom. The molecule has 1 heterocycles. The van der Waals surface area contributed by atoms with Crippen LogP contribution in [0.5, 0.6) is 0 Å². The number of nitrogens with one attached hydrogen (secondary N) is 1. The van der Waals surface area contributed by atoms with E-state index in [1.165, 1.54) is 6.07 Å². The third-order valence-electron chi connectivity index (χ3n) is 4.40. The van der Waals surface area contributed by atoms with Gasteiger partial charge in [0.2, 0.25) is 5.91 Å². The van der Waals surface area contributed by atoms with E-state index in [-0.39, 0.29) is 24.9 Å². The van der Waals surface area contributed by atoms with Crippen molar-refractivity contribution in [3.05, 3.63) is 35.6 Å². The van der Waals surface area contributed by atoms with Crippen molar-refractivity contribution in [2.75, 3.05) is 52.4 Å². The van der Waals surface area contributed by atoms with E-state index >= 15 is 0 Å². The first-order valence-corrected chi connectivity index (χ1v) is 9.29. The molecule has 1 aliphatic rings.